The van der Waals surface area contributed by atoms with Crippen molar-refractivity contribution in [3.05, 3.63) is 64.0 Å². The number of para-hydroxylation sites is 1. The number of aromatic nitrogens is 1. The van der Waals surface area contributed by atoms with E-state index in [0.29, 0.717) is 0 Å². The number of nitrogens with one attached hydrogen (secondary N) is 1. The number of hydrogen-bond acceptors (Lipinski definition) is 2. The minimum Gasteiger partial charge on any atom is -1.00 e. The quantitative estimate of drug-likeness (QED) is 0.656. The van der Waals surface area contributed by atoms with Crippen LogP contribution in [-0.4, -0.2) is 0 Å². The molecule has 5 heteroatoms. The van der Waals surface area contributed by atoms with Gasteiger partial charge in [0.15, 0.2) is 0 Å². The van der Waals surface area contributed by atoms with Crippen molar-refractivity contribution in [3.8, 4) is 11.3 Å². The molecule has 0 aliphatic rings. The second kappa shape index (κ2) is 7.47. The molecule has 23 heavy (non-hydrogen) atoms. The summed E-state index contributed by atoms with van der Waals surface area (Å²) >= 11 is 7.68. The summed E-state index contributed by atoms with van der Waals surface area (Å²) in [6, 6.07) is 14.3. The highest BCUT2D eigenvalue weighted by Crippen LogP contribution is 2.28. The molecule has 0 fully saturated rings. The molecule has 1 aromatic heterocycles. The van der Waals surface area contributed by atoms with Crippen LogP contribution in [0.1, 0.15) is 11.1 Å². The Morgan fingerprint density at radius 1 is 1.00 bits per heavy atom. The zero-order valence-electron chi connectivity index (χ0n) is 13.2. The van der Waals surface area contributed by atoms with E-state index in [1.165, 1.54) is 22.5 Å². The number of nitrogens with zero attached hydrogens (tertiary/aromatic N) is 1. The fourth-order valence-corrected chi connectivity index (χ4v) is 3.55. The van der Waals surface area contributed by atoms with Crippen molar-refractivity contribution in [3.63, 3.8) is 0 Å². The van der Waals surface area contributed by atoms with Gasteiger partial charge in [-0.3, -0.25) is 0 Å². The Morgan fingerprint density at radius 3 is 2.22 bits per heavy atom. The van der Waals surface area contributed by atoms with E-state index in [1.807, 2.05) is 24.3 Å². The lowest BCUT2D eigenvalue weighted by Gasteiger charge is -2.06. The molecular weight excluding hydrogens is 392 g/mol. The maximum absolute atomic E-state index is 5.97. The van der Waals surface area contributed by atoms with Gasteiger partial charge in [0, 0.05) is 16.0 Å². The smallest absolute Gasteiger partial charge is 0.339 e. The summed E-state index contributed by atoms with van der Waals surface area (Å²) in [7, 11) is 2.08. The molecule has 0 aliphatic carbocycles. The molecule has 0 saturated carbocycles. The van der Waals surface area contributed by atoms with Gasteiger partial charge >= 0.3 is 5.13 Å². The van der Waals surface area contributed by atoms with Gasteiger partial charge < -0.3 is 17.0 Å². The van der Waals surface area contributed by atoms with Gasteiger partial charge in [0.25, 0.3) is 0 Å². The van der Waals surface area contributed by atoms with Gasteiger partial charge in [-0.2, -0.15) is 0 Å². The zero-order valence-corrected chi connectivity index (χ0v) is 16.4. The summed E-state index contributed by atoms with van der Waals surface area (Å²) < 4.78 is 2.18. The first kappa shape index (κ1) is 18.0. The first-order valence-corrected chi connectivity index (χ1v) is 8.38. The lowest BCUT2D eigenvalue weighted by atomic mass is 10.1. The molecule has 0 amide bonds. The Balaban J connectivity index is 0.00000192. The van der Waals surface area contributed by atoms with Crippen molar-refractivity contribution in [1.82, 2.24) is 0 Å². The van der Waals surface area contributed by atoms with E-state index in [-0.39, 0.29) is 17.0 Å². The van der Waals surface area contributed by atoms with E-state index in [1.54, 1.807) is 11.3 Å². The number of thiazole rings is 1. The third kappa shape index (κ3) is 3.77. The SMILES string of the molecule is Cc1cccc(C)c1Nc1scc(-c2ccc(Cl)cc2)[n+]1C.[Br-]. The zero-order chi connectivity index (χ0) is 15.7. The Hall–Kier alpha value is -1.36. The van der Waals surface area contributed by atoms with Gasteiger partial charge in [0.1, 0.15) is 11.4 Å². The van der Waals surface area contributed by atoms with Gasteiger partial charge in [0.05, 0.1) is 7.05 Å². The van der Waals surface area contributed by atoms with Crippen molar-refractivity contribution in [2.75, 3.05) is 5.32 Å². The number of benzene rings is 2. The van der Waals surface area contributed by atoms with E-state index in [9.17, 15) is 0 Å². The Bertz CT molecular complexity index is 792. The summed E-state index contributed by atoms with van der Waals surface area (Å²) in [6.07, 6.45) is 0. The van der Waals surface area contributed by atoms with Crippen molar-refractivity contribution in [1.29, 1.82) is 0 Å². The standard InChI is InChI=1S/C18H17ClN2S.BrH/c1-12-5-4-6-13(2)17(12)20-18-21(3)16(11-22-18)14-7-9-15(19)10-8-14;/h4-11H,1-3H3;1H. The predicted molar refractivity (Wildman–Crippen MR) is 95.1 cm³/mol. The maximum atomic E-state index is 5.97. The van der Waals surface area contributed by atoms with Gasteiger partial charge in [-0.05, 0) is 49.2 Å². The average molecular weight is 410 g/mol. The minimum atomic E-state index is 0. The Kier molecular flexibility index (Phi) is 5.84. The third-order valence-electron chi connectivity index (χ3n) is 3.80. The fourth-order valence-electron chi connectivity index (χ4n) is 2.49. The number of hydrogen-bond donors (Lipinski definition) is 1. The molecule has 0 aliphatic heterocycles. The summed E-state index contributed by atoms with van der Waals surface area (Å²) in [5, 5.41) is 7.60. The second-order valence-corrected chi connectivity index (χ2v) is 6.68. The van der Waals surface area contributed by atoms with Gasteiger partial charge in [-0.1, -0.05) is 41.1 Å². The molecule has 0 saturated heterocycles. The van der Waals surface area contributed by atoms with Crippen molar-refractivity contribution in [2.24, 2.45) is 7.05 Å². The first-order chi connectivity index (χ1) is 10.6. The third-order valence-corrected chi connectivity index (χ3v) is 4.99. The minimum absolute atomic E-state index is 0. The van der Waals surface area contributed by atoms with Gasteiger partial charge in [-0.25, -0.2) is 9.88 Å². The number of aryl methyl sites for hydroxylation is 2. The van der Waals surface area contributed by atoms with Crippen LogP contribution in [0, 0.1) is 13.8 Å². The lowest BCUT2D eigenvalue weighted by Crippen LogP contribution is -3.00. The molecule has 0 radical (unpaired) electrons. The van der Waals surface area contributed by atoms with E-state index in [2.05, 4.69) is 54.4 Å². The molecule has 3 rings (SSSR count). The highest BCUT2D eigenvalue weighted by Gasteiger charge is 2.18. The summed E-state index contributed by atoms with van der Waals surface area (Å²) in [6.45, 7) is 4.26. The monoisotopic (exact) mass is 408 g/mol. The van der Waals surface area contributed by atoms with Gasteiger partial charge in [0.2, 0.25) is 0 Å². The fraction of sp³-hybridized carbons (Fsp3) is 0.167. The number of rotatable bonds is 3. The van der Waals surface area contributed by atoms with Crippen molar-refractivity contribution in [2.45, 2.75) is 13.8 Å². The molecule has 2 nitrogen and oxygen atoms in total. The molecular formula is C18H18BrClN2S. The molecule has 0 bridgehead atoms. The molecule has 3 aromatic rings. The van der Waals surface area contributed by atoms with E-state index >= 15 is 0 Å². The van der Waals surface area contributed by atoms with Crippen LogP contribution in [-0.2, 0) is 7.05 Å². The Labute approximate surface area is 156 Å². The summed E-state index contributed by atoms with van der Waals surface area (Å²) in [5.74, 6) is 0. The molecule has 0 spiro atoms. The largest absolute Gasteiger partial charge is 1.00 e. The van der Waals surface area contributed by atoms with Crippen LogP contribution in [0.5, 0.6) is 0 Å². The van der Waals surface area contributed by atoms with E-state index in [4.69, 9.17) is 11.6 Å². The maximum Gasteiger partial charge on any atom is 0.339 e. The van der Waals surface area contributed by atoms with Crippen LogP contribution in [0.2, 0.25) is 5.02 Å². The second-order valence-electron chi connectivity index (χ2n) is 5.38. The number of anilines is 2. The lowest BCUT2D eigenvalue weighted by molar-refractivity contribution is -0.641. The summed E-state index contributed by atoms with van der Waals surface area (Å²) in [5.41, 5.74) is 6.03. The van der Waals surface area contributed by atoms with Crippen LogP contribution in [0.3, 0.4) is 0 Å². The molecule has 0 unspecified atom stereocenters. The average Bonchev–Trinajstić information content (AvgIpc) is 2.85. The van der Waals surface area contributed by atoms with Crippen molar-refractivity contribution < 1.29 is 21.5 Å². The van der Waals surface area contributed by atoms with Crippen LogP contribution in [0.15, 0.2) is 47.8 Å². The highest BCUT2D eigenvalue weighted by molar-refractivity contribution is 7.13. The molecule has 1 heterocycles. The van der Waals surface area contributed by atoms with Crippen LogP contribution in [0.4, 0.5) is 10.8 Å². The van der Waals surface area contributed by atoms with Crippen LogP contribution < -0.4 is 26.9 Å². The van der Waals surface area contributed by atoms with Crippen LogP contribution in [0.25, 0.3) is 11.3 Å². The van der Waals surface area contributed by atoms with E-state index < -0.39 is 0 Å². The summed E-state index contributed by atoms with van der Waals surface area (Å²) in [4.78, 5) is 0. The molecule has 1 N–H and O–H groups in total. The topological polar surface area (TPSA) is 15.9 Å². The molecule has 2 aromatic carbocycles. The molecule has 120 valence electrons. The van der Waals surface area contributed by atoms with Crippen LogP contribution >= 0.6 is 22.9 Å². The molecule has 0 atom stereocenters. The first-order valence-electron chi connectivity index (χ1n) is 7.13. The predicted octanol–water partition coefficient (Wildman–Crippen LogP) is 2.26. The normalized spacial score (nSPS) is 10.3. The number of halogens is 2. The van der Waals surface area contributed by atoms with Gasteiger partial charge in [-0.15, -0.1) is 0 Å². The highest BCUT2D eigenvalue weighted by atomic mass is 79.9. The van der Waals surface area contributed by atoms with Crippen molar-refractivity contribution >= 4 is 33.8 Å². The Morgan fingerprint density at radius 2 is 1.61 bits per heavy atom. The van der Waals surface area contributed by atoms with E-state index in [0.717, 1.165) is 15.7 Å².